The smallest absolute Gasteiger partial charge is 0.244 e. The highest BCUT2D eigenvalue weighted by Crippen LogP contribution is 2.27. The molecule has 0 heterocycles. The number of benzene rings is 3. The number of halogens is 1. The van der Waals surface area contributed by atoms with Gasteiger partial charge in [0.2, 0.25) is 15.9 Å². The number of nitrogens with one attached hydrogen (secondary N) is 1. The highest BCUT2D eigenvalue weighted by molar-refractivity contribution is 7.92. The van der Waals surface area contributed by atoms with Crippen LogP contribution in [0, 0.1) is 5.82 Å². The fourth-order valence-corrected chi connectivity index (χ4v) is 4.44. The molecular weight excluding hydrogens is 431 g/mol. The molecule has 0 radical (unpaired) electrons. The minimum atomic E-state index is -3.76. The van der Waals surface area contributed by atoms with Crippen LogP contribution >= 0.6 is 0 Å². The van der Waals surface area contributed by atoms with Crippen molar-refractivity contribution in [2.45, 2.75) is 25.9 Å². The lowest BCUT2D eigenvalue weighted by Gasteiger charge is -2.29. The number of anilines is 1. The Labute approximate surface area is 187 Å². The van der Waals surface area contributed by atoms with Crippen molar-refractivity contribution < 1.29 is 22.3 Å². The van der Waals surface area contributed by atoms with E-state index >= 15 is 0 Å². The van der Waals surface area contributed by atoms with E-state index in [9.17, 15) is 17.6 Å². The topological polar surface area (TPSA) is 75.7 Å². The average molecular weight is 457 g/mol. The van der Waals surface area contributed by atoms with Crippen molar-refractivity contribution in [2.24, 2.45) is 0 Å². The lowest BCUT2D eigenvalue weighted by atomic mass is 10.1. The third-order valence-corrected chi connectivity index (χ3v) is 6.13. The summed E-state index contributed by atoms with van der Waals surface area (Å²) >= 11 is 0. The molecule has 0 aliphatic rings. The van der Waals surface area contributed by atoms with Crippen LogP contribution in [-0.2, 0) is 14.8 Å². The van der Waals surface area contributed by atoms with Crippen LogP contribution in [0.3, 0.4) is 0 Å². The van der Waals surface area contributed by atoms with Crippen molar-refractivity contribution in [3.8, 4) is 11.5 Å². The first-order chi connectivity index (χ1) is 15.1. The molecule has 32 heavy (non-hydrogen) atoms. The van der Waals surface area contributed by atoms with Crippen molar-refractivity contribution in [3.63, 3.8) is 0 Å². The molecule has 0 unspecified atom stereocenters. The van der Waals surface area contributed by atoms with Gasteiger partial charge in [-0.15, -0.1) is 0 Å². The van der Waals surface area contributed by atoms with E-state index in [0.717, 1.165) is 10.6 Å². The van der Waals surface area contributed by atoms with Gasteiger partial charge in [-0.1, -0.05) is 30.3 Å². The number of amides is 1. The Balaban J connectivity index is 1.76. The quantitative estimate of drug-likeness (QED) is 0.535. The van der Waals surface area contributed by atoms with E-state index in [0.29, 0.717) is 22.7 Å². The Kier molecular flexibility index (Phi) is 7.15. The standard InChI is InChI=1S/C24H25FN2O4S/c1-17(19-9-11-20(25)12-10-19)26-24(28)18(2)27(32(3,29)30)21-13-15-23(16-14-21)31-22-7-5-4-6-8-22/h4-18H,1-3H3,(H,26,28)/t17-,18-/m0/s1. The fraction of sp³-hybridized carbons (Fsp3) is 0.208. The third-order valence-electron chi connectivity index (χ3n) is 4.89. The van der Waals surface area contributed by atoms with E-state index in [1.807, 2.05) is 30.3 Å². The summed E-state index contributed by atoms with van der Waals surface area (Å²) in [6.45, 7) is 3.26. The van der Waals surface area contributed by atoms with E-state index in [1.165, 1.54) is 19.1 Å². The van der Waals surface area contributed by atoms with Crippen molar-refractivity contribution in [2.75, 3.05) is 10.6 Å². The van der Waals surface area contributed by atoms with Gasteiger partial charge in [-0.05, 0) is 67.9 Å². The first kappa shape index (κ1) is 23.3. The van der Waals surface area contributed by atoms with Gasteiger partial charge in [-0.2, -0.15) is 0 Å². The van der Waals surface area contributed by atoms with Gasteiger partial charge in [0.15, 0.2) is 0 Å². The molecule has 0 spiro atoms. The second-order valence-electron chi connectivity index (χ2n) is 7.43. The summed E-state index contributed by atoms with van der Waals surface area (Å²) < 4.78 is 45.0. The summed E-state index contributed by atoms with van der Waals surface area (Å²) in [4.78, 5) is 12.8. The number of carbonyl (C=O) groups is 1. The molecule has 0 aliphatic carbocycles. The largest absolute Gasteiger partial charge is 0.457 e. The lowest BCUT2D eigenvalue weighted by Crippen LogP contribution is -2.48. The van der Waals surface area contributed by atoms with Gasteiger partial charge in [0.1, 0.15) is 23.4 Å². The normalized spacial score (nSPS) is 13.1. The molecule has 0 aliphatic heterocycles. The number of rotatable bonds is 8. The van der Waals surface area contributed by atoms with Crippen molar-refractivity contribution in [3.05, 3.63) is 90.2 Å². The molecule has 2 atom stereocenters. The first-order valence-electron chi connectivity index (χ1n) is 10.0. The van der Waals surface area contributed by atoms with Crippen LogP contribution in [0.2, 0.25) is 0 Å². The summed E-state index contributed by atoms with van der Waals surface area (Å²) in [6.07, 6.45) is 1.05. The Morgan fingerprint density at radius 1 is 0.906 bits per heavy atom. The molecule has 0 bridgehead atoms. The molecule has 1 amide bonds. The molecule has 168 valence electrons. The number of sulfonamides is 1. The van der Waals surface area contributed by atoms with Crippen molar-refractivity contribution in [1.82, 2.24) is 5.32 Å². The zero-order chi connectivity index (χ0) is 23.3. The van der Waals surface area contributed by atoms with Gasteiger partial charge < -0.3 is 10.1 Å². The maximum Gasteiger partial charge on any atom is 0.244 e. The SMILES string of the molecule is C[C@H](NC(=O)[C@H](C)N(c1ccc(Oc2ccccc2)cc1)S(C)(=O)=O)c1ccc(F)cc1. The van der Waals surface area contributed by atoms with Crippen LogP contribution in [-0.4, -0.2) is 26.6 Å². The van der Waals surface area contributed by atoms with Gasteiger partial charge in [0.05, 0.1) is 18.0 Å². The van der Waals surface area contributed by atoms with Crippen LogP contribution in [0.15, 0.2) is 78.9 Å². The van der Waals surface area contributed by atoms with Crippen molar-refractivity contribution >= 4 is 21.6 Å². The predicted octanol–water partition coefficient (Wildman–Crippen LogP) is 4.65. The molecule has 0 aromatic heterocycles. The second kappa shape index (κ2) is 9.82. The van der Waals surface area contributed by atoms with Crippen LogP contribution < -0.4 is 14.4 Å². The molecule has 1 N–H and O–H groups in total. The lowest BCUT2D eigenvalue weighted by molar-refractivity contribution is -0.122. The number of hydrogen-bond donors (Lipinski definition) is 1. The Bertz CT molecular complexity index is 1150. The summed E-state index contributed by atoms with van der Waals surface area (Å²) in [7, 11) is -3.76. The van der Waals surface area contributed by atoms with Crippen LogP contribution in [0.1, 0.15) is 25.5 Å². The van der Waals surface area contributed by atoms with Crippen molar-refractivity contribution in [1.29, 1.82) is 0 Å². The predicted molar refractivity (Wildman–Crippen MR) is 123 cm³/mol. The van der Waals surface area contributed by atoms with E-state index in [2.05, 4.69) is 5.32 Å². The third kappa shape index (κ3) is 5.85. The minimum absolute atomic E-state index is 0.338. The van der Waals surface area contributed by atoms with Crippen LogP contribution in [0.25, 0.3) is 0 Å². The summed E-state index contributed by atoms with van der Waals surface area (Å²) in [5.41, 5.74) is 1.05. The summed E-state index contributed by atoms with van der Waals surface area (Å²) in [6, 6.07) is 20.0. The average Bonchev–Trinajstić information content (AvgIpc) is 2.75. The Hall–Kier alpha value is -3.39. The van der Waals surface area contributed by atoms with Gasteiger partial charge in [0.25, 0.3) is 0 Å². The van der Waals surface area contributed by atoms with E-state index in [1.54, 1.807) is 43.3 Å². The highest BCUT2D eigenvalue weighted by atomic mass is 32.2. The molecule has 3 aromatic rings. The fourth-order valence-electron chi connectivity index (χ4n) is 3.26. The molecule has 6 nitrogen and oxygen atoms in total. The molecule has 0 saturated heterocycles. The number of hydrogen-bond acceptors (Lipinski definition) is 4. The van der Waals surface area contributed by atoms with Gasteiger partial charge >= 0.3 is 0 Å². The first-order valence-corrected chi connectivity index (χ1v) is 11.9. The molecule has 3 aromatic carbocycles. The Morgan fingerprint density at radius 3 is 2.03 bits per heavy atom. The van der Waals surface area contributed by atoms with E-state index in [-0.39, 0.29) is 5.82 Å². The van der Waals surface area contributed by atoms with E-state index < -0.39 is 28.0 Å². The second-order valence-corrected chi connectivity index (χ2v) is 9.29. The monoisotopic (exact) mass is 456 g/mol. The number of nitrogens with zero attached hydrogens (tertiary/aromatic N) is 1. The number of carbonyl (C=O) groups excluding carboxylic acids is 1. The van der Waals surface area contributed by atoms with Gasteiger partial charge in [0, 0.05) is 0 Å². The van der Waals surface area contributed by atoms with Crippen LogP contribution in [0.5, 0.6) is 11.5 Å². The molecule has 3 rings (SSSR count). The molecular formula is C24H25FN2O4S. The minimum Gasteiger partial charge on any atom is -0.457 e. The molecule has 0 saturated carbocycles. The highest BCUT2D eigenvalue weighted by Gasteiger charge is 2.30. The van der Waals surface area contributed by atoms with Gasteiger partial charge in [-0.25, -0.2) is 12.8 Å². The zero-order valence-electron chi connectivity index (χ0n) is 18.0. The van der Waals surface area contributed by atoms with Gasteiger partial charge in [-0.3, -0.25) is 9.10 Å². The molecule has 0 fully saturated rings. The maximum absolute atomic E-state index is 13.1. The summed E-state index contributed by atoms with van der Waals surface area (Å²) in [5.74, 6) is 0.346. The summed E-state index contributed by atoms with van der Waals surface area (Å²) in [5, 5.41) is 2.79. The van der Waals surface area contributed by atoms with Crippen LogP contribution in [0.4, 0.5) is 10.1 Å². The maximum atomic E-state index is 13.1. The zero-order valence-corrected chi connectivity index (χ0v) is 18.8. The van der Waals surface area contributed by atoms with E-state index in [4.69, 9.17) is 4.74 Å². The molecule has 8 heteroatoms. The number of ether oxygens (including phenoxy) is 1. The Morgan fingerprint density at radius 2 is 1.47 bits per heavy atom. The number of para-hydroxylation sites is 1.